The standard InChI is InChI=1S/C22H23NO3/c1-12(2)14-7-5-8-15(13(3)4)20(14)23-21(24)17-10-6-9-16(18-11-26-18)19(17)22(23)25/h5-10,12-13,18H,11H2,1-4H3. The number of benzene rings is 2. The second kappa shape index (κ2) is 6.06. The number of hydrogen-bond donors (Lipinski definition) is 0. The topological polar surface area (TPSA) is 49.9 Å². The zero-order valence-corrected chi connectivity index (χ0v) is 15.6. The average molecular weight is 349 g/mol. The highest BCUT2D eigenvalue weighted by molar-refractivity contribution is 6.35. The molecule has 1 unspecified atom stereocenters. The molecular formula is C22H23NO3. The molecule has 26 heavy (non-hydrogen) atoms. The fourth-order valence-electron chi connectivity index (χ4n) is 3.78. The minimum absolute atomic E-state index is 0.0634. The first kappa shape index (κ1) is 17.0. The smallest absolute Gasteiger partial charge is 0.266 e. The lowest BCUT2D eigenvalue weighted by molar-refractivity contribution is 0.0925. The van der Waals surface area contributed by atoms with Gasteiger partial charge in [-0.25, -0.2) is 4.90 Å². The molecule has 2 aliphatic heterocycles. The summed E-state index contributed by atoms with van der Waals surface area (Å²) in [5.74, 6) is -0.0490. The Morgan fingerprint density at radius 3 is 2.04 bits per heavy atom. The zero-order chi connectivity index (χ0) is 18.6. The van der Waals surface area contributed by atoms with Gasteiger partial charge in [-0.1, -0.05) is 58.0 Å². The number of fused-ring (bicyclic) bond motifs is 1. The number of nitrogens with zero attached hydrogens (tertiary/aromatic N) is 1. The molecule has 0 bridgehead atoms. The van der Waals surface area contributed by atoms with Gasteiger partial charge in [0.05, 0.1) is 23.4 Å². The van der Waals surface area contributed by atoms with Crippen LogP contribution in [-0.4, -0.2) is 18.4 Å². The number of carbonyl (C=O) groups excluding carboxylic acids is 2. The SMILES string of the molecule is CC(C)c1cccc(C(C)C)c1N1C(=O)c2cccc(C3CO3)c2C1=O. The van der Waals surface area contributed by atoms with Crippen LogP contribution in [0.5, 0.6) is 0 Å². The first-order chi connectivity index (χ1) is 12.4. The first-order valence-electron chi connectivity index (χ1n) is 9.18. The lowest BCUT2D eigenvalue weighted by atomic mass is 9.92. The van der Waals surface area contributed by atoms with E-state index >= 15 is 0 Å². The van der Waals surface area contributed by atoms with E-state index < -0.39 is 0 Å². The van der Waals surface area contributed by atoms with Crippen molar-refractivity contribution in [3.63, 3.8) is 0 Å². The van der Waals surface area contributed by atoms with Crippen LogP contribution in [0.1, 0.15) is 83.0 Å². The third-order valence-electron chi connectivity index (χ3n) is 5.19. The fourth-order valence-corrected chi connectivity index (χ4v) is 3.78. The number of carbonyl (C=O) groups is 2. The summed E-state index contributed by atoms with van der Waals surface area (Å²) in [6.45, 7) is 8.96. The van der Waals surface area contributed by atoms with E-state index in [-0.39, 0.29) is 29.8 Å². The Hall–Kier alpha value is -2.46. The summed E-state index contributed by atoms with van der Waals surface area (Å²) in [6, 6.07) is 11.5. The van der Waals surface area contributed by atoms with Crippen LogP contribution >= 0.6 is 0 Å². The third kappa shape index (κ3) is 2.48. The lowest BCUT2D eigenvalue weighted by Gasteiger charge is -2.25. The summed E-state index contributed by atoms with van der Waals surface area (Å²) < 4.78 is 5.39. The van der Waals surface area contributed by atoms with Gasteiger partial charge in [0.2, 0.25) is 0 Å². The molecule has 2 aromatic carbocycles. The molecule has 1 saturated heterocycles. The van der Waals surface area contributed by atoms with Crippen molar-refractivity contribution in [2.75, 3.05) is 11.5 Å². The van der Waals surface area contributed by atoms with Gasteiger partial charge in [0.1, 0.15) is 6.10 Å². The van der Waals surface area contributed by atoms with Gasteiger partial charge in [0.25, 0.3) is 11.8 Å². The number of rotatable bonds is 4. The largest absolute Gasteiger partial charge is 0.368 e. The summed E-state index contributed by atoms with van der Waals surface area (Å²) in [4.78, 5) is 28.0. The van der Waals surface area contributed by atoms with Crippen molar-refractivity contribution in [2.24, 2.45) is 0 Å². The molecule has 1 fully saturated rings. The Morgan fingerprint density at radius 1 is 0.923 bits per heavy atom. The predicted molar refractivity (Wildman–Crippen MR) is 101 cm³/mol. The average Bonchev–Trinajstić information content (AvgIpc) is 3.42. The van der Waals surface area contributed by atoms with Crippen LogP contribution in [0.15, 0.2) is 36.4 Å². The van der Waals surface area contributed by atoms with Gasteiger partial charge in [-0.2, -0.15) is 0 Å². The lowest BCUT2D eigenvalue weighted by Crippen LogP contribution is -2.32. The van der Waals surface area contributed by atoms with Gasteiger partial charge in [-0.3, -0.25) is 9.59 Å². The van der Waals surface area contributed by atoms with E-state index in [9.17, 15) is 9.59 Å². The summed E-state index contributed by atoms with van der Waals surface area (Å²) in [5.41, 5.74) is 4.62. The van der Waals surface area contributed by atoms with E-state index in [1.165, 1.54) is 4.90 Å². The fraction of sp³-hybridized carbons (Fsp3) is 0.364. The second-order valence-corrected chi connectivity index (χ2v) is 7.63. The van der Waals surface area contributed by atoms with Gasteiger partial charge in [-0.15, -0.1) is 0 Å². The van der Waals surface area contributed by atoms with Gasteiger partial charge >= 0.3 is 0 Å². The van der Waals surface area contributed by atoms with Crippen molar-refractivity contribution in [3.8, 4) is 0 Å². The molecule has 2 amide bonds. The van der Waals surface area contributed by atoms with Crippen molar-refractivity contribution in [1.29, 1.82) is 0 Å². The Kier molecular flexibility index (Phi) is 3.96. The number of ether oxygens (including phenoxy) is 1. The minimum Gasteiger partial charge on any atom is -0.368 e. The van der Waals surface area contributed by atoms with Crippen molar-refractivity contribution >= 4 is 17.5 Å². The molecule has 0 aromatic heterocycles. The third-order valence-corrected chi connectivity index (χ3v) is 5.19. The van der Waals surface area contributed by atoms with Gasteiger partial charge in [0, 0.05) is 0 Å². The van der Waals surface area contributed by atoms with E-state index in [2.05, 4.69) is 27.7 Å². The van der Waals surface area contributed by atoms with E-state index in [0.717, 1.165) is 22.4 Å². The zero-order valence-electron chi connectivity index (χ0n) is 15.6. The van der Waals surface area contributed by atoms with Crippen molar-refractivity contribution in [1.82, 2.24) is 0 Å². The van der Waals surface area contributed by atoms with Crippen LogP contribution < -0.4 is 4.90 Å². The van der Waals surface area contributed by atoms with Crippen LogP contribution in [-0.2, 0) is 4.74 Å². The van der Waals surface area contributed by atoms with Crippen LogP contribution in [0.25, 0.3) is 0 Å². The number of hydrogen-bond acceptors (Lipinski definition) is 3. The van der Waals surface area contributed by atoms with E-state index in [0.29, 0.717) is 17.7 Å². The van der Waals surface area contributed by atoms with Crippen molar-refractivity contribution in [3.05, 3.63) is 64.2 Å². The van der Waals surface area contributed by atoms with Gasteiger partial charge in [-0.05, 0) is 34.6 Å². The number of imide groups is 1. The van der Waals surface area contributed by atoms with Crippen molar-refractivity contribution in [2.45, 2.75) is 45.6 Å². The highest BCUT2D eigenvalue weighted by Gasteiger charge is 2.43. The van der Waals surface area contributed by atoms with Crippen LogP contribution in [0.2, 0.25) is 0 Å². The molecule has 0 saturated carbocycles. The van der Waals surface area contributed by atoms with Crippen LogP contribution in [0, 0.1) is 0 Å². The molecule has 2 aliphatic rings. The molecule has 0 N–H and O–H groups in total. The normalized spacial score (nSPS) is 18.8. The molecule has 134 valence electrons. The number of para-hydroxylation sites is 1. The maximum Gasteiger partial charge on any atom is 0.266 e. The molecular weight excluding hydrogens is 326 g/mol. The van der Waals surface area contributed by atoms with Gasteiger partial charge < -0.3 is 4.74 Å². The number of amides is 2. The molecule has 0 radical (unpaired) electrons. The highest BCUT2D eigenvalue weighted by Crippen LogP contribution is 2.42. The molecule has 4 rings (SSSR count). The molecule has 2 heterocycles. The molecule has 0 aliphatic carbocycles. The number of anilines is 1. The number of epoxide rings is 1. The Morgan fingerprint density at radius 2 is 1.50 bits per heavy atom. The van der Waals surface area contributed by atoms with E-state index in [1.807, 2.05) is 30.3 Å². The Labute approximate surface area is 153 Å². The predicted octanol–water partition coefficient (Wildman–Crippen LogP) is 4.81. The van der Waals surface area contributed by atoms with Crippen LogP contribution in [0.3, 0.4) is 0 Å². The molecule has 4 heteroatoms. The highest BCUT2D eigenvalue weighted by atomic mass is 16.6. The Bertz CT molecular complexity index is 883. The van der Waals surface area contributed by atoms with Crippen molar-refractivity contribution < 1.29 is 14.3 Å². The summed E-state index contributed by atoms with van der Waals surface area (Å²) in [7, 11) is 0. The summed E-state index contributed by atoms with van der Waals surface area (Å²) in [5, 5.41) is 0. The monoisotopic (exact) mass is 349 g/mol. The molecule has 4 nitrogen and oxygen atoms in total. The van der Waals surface area contributed by atoms with Gasteiger partial charge in [0.15, 0.2) is 0 Å². The second-order valence-electron chi connectivity index (χ2n) is 7.63. The van der Waals surface area contributed by atoms with E-state index in [1.54, 1.807) is 6.07 Å². The van der Waals surface area contributed by atoms with Crippen LogP contribution in [0.4, 0.5) is 5.69 Å². The maximum absolute atomic E-state index is 13.4. The molecule has 2 aromatic rings. The first-order valence-corrected chi connectivity index (χ1v) is 9.18. The summed E-state index contributed by atoms with van der Waals surface area (Å²) >= 11 is 0. The quantitative estimate of drug-likeness (QED) is 0.588. The maximum atomic E-state index is 13.4. The molecule has 1 atom stereocenters. The molecule has 0 spiro atoms. The van der Waals surface area contributed by atoms with E-state index in [4.69, 9.17) is 4.74 Å². The Balaban J connectivity index is 1.92. The summed E-state index contributed by atoms with van der Waals surface area (Å²) in [6.07, 6.45) is -0.0634. The minimum atomic E-state index is -0.234.